The Kier molecular flexibility index (Phi) is 9.73. The number of nitrogens with two attached hydrogens (primary N) is 1. The summed E-state index contributed by atoms with van der Waals surface area (Å²) in [4.78, 5) is 20.5. The van der Waals surface area contributed by atoms with Gasteiger partial charge in [-0.1, -0.05) is 61.0 Å². The van der Waals surface area contributed by atoms with Gasteiger partial charge < -0.3 is 5.73 Å². The van der Waals surface area contributed by atoms with Crippen LogP contribution in [-0.2, 0) is 13.0 Å². The molecule has 0 unspecified atom stereocenters. The van der Waals surface area contributed by atoms with E-state index in [9.17, 15) is 4.79 Å². The maximum atomic E-state index is 13.2. The molecule has 2 aliphatic rings. The van der Waals surface area contributed by atoms with Crippen molar-refractivity contribution in [2.75, 3.05) is 18.8 Å². The van der Waals surface area contributed by atoms with Gasteiger partial charge in [0.1, 0.15) is 0 Å². The van der Waals surface area contributed by atoms with Crippen molar-refractivity contribution in [2.24, 2.45) is 5.92 Å². The Morgan fingerprint density at radius 1 is 0.971 bits per heavy atom. The van der Waals surface area contributed by atoms with Crippen LogP contribution in [0.1, 0.15) is 60.1 Å². The molecule has 1 fully saturated rings. The summed E-state index contributed by atoms with van der Waals surface area (Å²) in [5, 5.41) is 0.879. The monoisotopic (exact) mass is 511 g/mol. The van der Waals surface area contributed by atoms with Crippen molar-refractivity contribution in [2.45, 2.75) is 51.5 Å². The second-order valence-electron chi connectivity index (χ2n) is 9.56. The minimum Gasteiger partial charge on any atom is -0.398 e. The molecular formula is C29H35Cl2N3O. The van der Waals surface area contributed by atoms with Crippen LogP contribution in [0.4, 0.5) is 5.69 Å². The number of nitrogens with zero attached hydrogens (tertiary/aromatic N) is 2. The third-order valence-electron chi connectivity index (χ3n) is 7.32. The highest BCUT2D eigenvalue weighted by Gasteiger charge is 2.26. The standard InChI is InChI=1S/C29H33N3O.2ClH/c30-28-24-12-6-7-13-25(24)31-26-15-14-23(29(33)27(26)28)11-5-4-8-21-16-18-32(19-17-21)20-22-9-2-1-3-10-22;;/h1-3,6-7,9-13,21H,4-5,8,14-20H2,(H2,30,31);2*1H/b23-11+;;. The minimum absolute atomic E-state index is 0. The van der Waals surface area contributed by atoms with Crippen molar-refractivity contribution >= 4 is 47.2 Å². The van der Waals surface area contributed by atoms with Gasteiger partial charge in [-0.3, -0.25) is 14.7 Å². The molecule has 2 N–H and O–H groups in total. The zero-order valence-corrected chi connectivity index (χ0v) is 21.8. The number of nitrogen functional groups attached to an aromatic ring is 1. The smallest absolute Gasteiger partial charge is 0.192 e. The number of unbranched alkanes of at least 4 members (excludes halogenated alkanes) is 1. The van der Waals surface area contributed by atoms with Crippen LogP contribution in [-0.4, -0.2) is 28.8 Å². The van der Waals surface area contributed by atoms with Gasteiger partial charge in [-0.2, -0.15) is 0 Å². The predicted octanol–water partition coefficient (Wildman–Crippen LogP) is 6.80. The van der Waals surface area contributed by atoms with Gasteiger partial charge in [-0.05, 0) is 74.7 Å². The zero-order chi connectivity index (χ0) is 22.6. The molecule has 0 atom stereocenters. The van der Waals surface area contributed by atoms with Gasteiger partial charge in [0.2, 0.25) is 0 Å². The lowest BCUT2D eigenvalue weighted by Crippen LogP contribution is -2.33. The number of aromatic nitrogens is 1. The molecule has 1 saturated heterocycles. The first-order chi connectivity index (χ1) is 16.2. The summed E-state index contributed by atoms with van der Waals surface area (Å²) < 4.78 is 0. The van der Waals surface area contributed by atoms with Crippen LogP contribution in [0.5, 0.6) is 0 Å². The number of rotatable bonds is 6. The van der Waals surface area contributed by atoms with Crippen molar-refractivity contribution in [1.82, 2.24) is 9.88 Å². The van der Waals surface area contributed by atoms with Crippen molar-refractivity contribution in [3.63, 3.8) is 0 Å². The van der Waals surface area contributed by atoms with Gasteiger partial charge >= 0.3 is 0 Å². The molecule has 1 aliphatic heterocycles. The van der Waals surface area contributed by atoms with Crippen LogP contribution in [0.3, 0.4) is 0 Å². The number of anilines is 1. The number of halogens is 2. The Bertz CT molecular complexity index is 1170. The molecule has 6 heteroatoms. The summed E-state index contributed by atoms with van der Waals surface area (Å²) in [7, 11) is 0. The van der Waals surface area contributed by atoms with E-state index in [4.69, 9.17) is 10.7 Å². The fraction of sp³-hybridized carbons (Fsp3) is 0.379. The third kappa shape index (κ3) is 6.24. The van der Waals surface area contributed by atoms with Crippen LogP contribution in [0, 0.1) is 5.92 Å². The highest BCUT2D eigenvalue weighted by atomic mass is 35.5. The van der Waals surface area contributed by atoms with Crippen molar-refractivity contribution in [3.8, 4) is 0 Å². The number of fused-ring (bicyclic) bond motifs is 2. The maximum Gasteiger partial charge on any atom is 0.192 e. The number of ketones is 1. The third-order valence-corrected chi connectivity index (χ3v) is 7.32. The first kappa shape index (κ1) is 27.2. The van der Waals surface area contributed by atoms with E-state index >= 15 is 0 Å². The second-order valence-corrected chi connectivity index (χ2v) is 9.56. The Hall–Kier alpha value is -2.40. The summed E-state index contributed by atoms with van der Waals surface area (Å²) in [5.74, 6) is 0.894. The molecule has 0 amide bonds. The van der Waals surface area contributed by atoms with E-state index in [1.807, 2.05) is 24.3 Å². The first-order valence-corrected chi connectivity index (χ1v) is 12.4. The normalized spacial score (nSPS) is 17.6. The number of Topliss-reactive ketones (excluding diaryl/α,β-unsaturated/α-hetero) is 1. The molecule has 35 heavy (non-hydrogen) atoms. The van der Waals surface area contributed by atoms with E-state index in [1.165, 1.54) is 37.9 Å². The Morgan fingerprint density at radius 2 is 1.69 bits per heavy atom. The number of pyridine rings is 1. The number of hydrogen-bond acceptors (Lipinski definition) is 4. The van der Waals surface area contributed by atoms with E-state index in [-0.39, 0.29) is 30.6 Å². The number of allylic oxidation sites excluding steroid dienone is 2. The van der Waals surface area contributed by atoms with Crippen molar-refractivity contribution < 1.29 is 4.79 Å². The van der Waals surface area contributed by atoms with Crippen molar-refractivity contribution in [3.05, 3.63) is 83.1 Å². The SMILES string of the molecule is Cl.Cl.Nc1c2c(nc3ccccc13)CC/C(=C\CCCC1CCN(Cc3ccccc3)CC1)C2=O. The number of carbonyl (C=O) groups is 1. The van der Waals surface area contributed by atoms with E-state index in [2.05, 4.69) is 41.3 Å². The number of likely N-dealkylation sites (tertiary alicyclic amines) is 1. The van der Waals surface area contributed by atoms with Gasteiger partial charge in [0.25, 0.3) is 0 Å². The summed E-state index contributed by atoms with van der Waals surface area (Å²) in [6.45, 7) is 3.45. The number of para-hydroxylation sites is 1. The summed E-state index contributed by atoms with van der Waals surface area (Å²) in [6.07, 6.45) is 9.68. The number of carbonyl (C=O) groups excluding carboxylic acids is 1. The van der Waals surface area contributed by atoms with E-state index in [0.29, 0.717) is 11.3 Å². The largest absolute Gasteiger partial charge is 0.398 e. The highest BCUT2D eigenvalue weighted by molar-refractivity contribution is 6.16. The Labute approximate surface area is 220 Å². The second kappa shape index (κ2) is 12.5. The molecule has 0 saturated carbocycles. The molecule has 186 valence electrons. The van der Waals surface area contributed by atoms with Crippen LogP contribution in [0.2, 0.25) is 0 Å². The maximum absolute atomic E-state index is 13.2. The Morgan fingerprint density at radius 3 is 2.46 bits per heavy atom. The number of piperidine rings is 1. The zero-order valence-electron chi connectivity index (χ0n) is 20.1. The molecule has 2 aromatic carbocycles. The molecule has 0 radical (unpaired) electrons. The molecule has 0 bridgehead atoms. The number of hydrogen-bond donors (Lipinski definition) is 1. The average Bonchev–Trinajstić information content (AvgIpc) is 2.85. The minimum atomic E-state index is 0. The van der Waals surface area contributed by atoms with Gasteiger partial charge in [-0.15, -0.1) is 24.8 Å². The molecule has 1 aromatic heterocycles. The van der Waals surface area contributed by atoms with Crippen LogP contribution in [0.15, 0.2) is 66.2 Å². The number of benzene rings is 2. The average molecular weight is 513 g/mol. The Balaban J connectivity index is 0.00000171. The first-order valence-electron chi connectivity index (χ1n) is 12.4. The molecule has 1 aliphatic carbocycles. The molecule has 5 rings (SSSR count). The summed E-state index contributed by atoms with van der Waals surface area (Å²) in [5.41, 5.74) is 11.7. The fourth-order valence-electron chi connectivity index (χ4n) is 5.40. The fourth-order valence-corrected chi connectivity index (χ4v) is 5.40. The van der Waals surface area contributed by atoms with Gasteiger partial charge in [-0.25, -0.2) is 0 Å². The quantitative estimate of drug-likeness (QED) is 0.292. The van der Waals surface area contributed by atoms with E-state index in [1.54, 1.807) is 0 Å². The predicted molar refractivity (Wildman–Crippen MR) is 150 cm³/mol. The van der Waals surface area contributed by atoms with E-state index in [0.717, 1.165) is 60.3 Å². The van der Waals surface area contributed by atoms with Crippen LogP contribution < -0.4 is 5.73 Å². The molecular weight excluding hydrogens is 477 g/mol. The van der Waals surface area contributed by atoms with Gasteiger partial charge in [0.05, 0.1) is 22.5 Å². The van der Waals surface area contributed by atoms with Crippen LogP contribution in [0.25, 0.3) is 10.9 Å². The highest BCUT2D eigenvalue weighted by Crippen LogP contribution is 2.33. The van der Waals surface area contributed by atoms with Crippen LogP contribution >= 0.6 is 24.8 Å². The molecule has 2 heterocycles. The molecule has 0 spiro atoms. The number of aryl methyl sites for hydroxylation is 1. The lowest BCUT2D eigenvalue weighted by Gasteiger charge is -2.32. The lowest BCUT2D eigenvalue weighted by molar-refractivity contribution is 0.102. The lowest BCUT2D eigenvalue weighted by atomic mass is 9.86. The van der Waals surface area contributed by atoms with Gasteiger partial charge in [0, 0.05) is 11.9 Å². The topological polar surface area (TPSA) is 59.2 Å². The molecule has 3 aromatic rings. The summed E-state index contributed by atoms with van der Waals surface area (Å²) >= 11 is 0. The summed E-state index contributed by atoms with van der Waals surface area (Å²) in [6, 6.07) is 18.6. The van der Waals surface area contributed by atoms with Crippen molar-refractivity contribution in [1.29, 1.82) is 0 Å². The van der Waals surface area contributed by atoms with Gasteiger partial charge in [0.15, 0.2) is 5.78 Å². The van der Waals surface area contributed by atoms with E-state index < -0.39 is 0 Å². The molecule has 4 nitrogen and oxygen atoms in total.